The van der Waals surface area contributed by atoms with Gasteiger partial charge in [-0.1, -0.05) is 13.0 Å². The minimum Gasteiger partial charge on any atom is -0.496 e. The van der Waals surface area contributed by atoms with Gasteiger partial charge in [0, 0.05) is 12.3 Å². The summed E-state index contributed by atoms with van der Waals surface area (Å²) in [6.07, 6.45) is 7.78. The van der Waals surface area contributed by atoms with Gasteiger partial charge in [0.2, 0.25) is 0 Å². The van der Waals surface area contributed by atoms with Crippen molar-refractivity contribution in [2.24, 2.45) is 5.92 Å². The Morgan fingerprint density at radius 1 is 1.30 bits per heavy atom. The zero-order valence-corrected chi connectivity index (χ0v) is 14.1. The average molecular weight is 314 g/mol. The van der Waals surface area contributed by atoms with E-state index in [1.165, 1.54) is 22.3 Å². The molecule has 23 heavy (non-hydrogen) atoms. The number of hydrogen-bond acceptors (Lipinski definition) is 3. The second-order valence-electron chi connectivity index (χ2n) is 6.67. The maximum atomic E-state index is 11.9. The number of methoxy groups -OCH3 is 1. The summed E-state index contributed by atoms with van der Waals surface area (Å²) in [7, 11) is 1.73. The summed E-state index contributed by atoms with van der Waals surface area (Å²) < 4.78 is 5.51. The van der Waals surface area contributed by atoms with Gasteiger partial charge in [0.15, 0.2) is 0 Å². The molecular formula is C20H26O3. The average Bonchev–Trinajstić information content (AvgIpc) is 2.89. The first kappa shape index (κ1) is 16.3. The molecule has 1 N–H and O–H groups in total. The topological polar surface area (TPSA) is 46.5 Å². The lowest BCUT2D eigenvalue weighted by atomic mass is 9.84. The molecule has 2 aliphatic carbocycles. The van der Waals surface area contributed by atoms with Crippen LogP contribution in [0, 0.1) is 5.92 Å². The van der Waals surface area contributed by atoms with Gasteiger partial charge in [0.05, 0.1) is 13.2 Å². The summed E-state index contributed by atoms with van der Waals surface area (Å²) in [5.41, 5.74) is 5.22. The fourth-order valence-electron chi connectivity index (χ4n) is 3.90. The molecule has 1 fully saturated rings. The molecular weight excluding hydrogens is 288 g/mol. The number of carbonyl (C=O) groups is 1. The lowest BCUT2D eigenvalue weighted by Crippen LogP contribution is -2.18. The van der Waals surface area contributed by atoms with E-state index in [2.05, 4.69) is 25.1 Å². The van der Waals surface area contributed by atoms with Gasteiger partial charge in [-0.05, 0) is 72.9 Å². The lowest BCUT2D eigenvalue weighted by molar-refractivity contribution is -0.121. The van der Waals surface area contributed by atoms with Crippen LogP contribution < -0.4 is 4.74 Å². The number of hydrogen-bond donors (Lipinski definition) is 1. The van der Waals surface area contributed by atoms with Crippen LogP contribution in [0.4, 0.5) is 0 Å². The number of ketones is 1. The molecule has 1 aromatic rings. The number of fused-ring (bicyclic) bond motifs is 1. The highest BCUT2D eigenvalue weighted by molar-refractivity contribution is 5.84. The zero-order valence-electron chi connectivity index (χ0n) is 14.1. The molecule has 1 saturated carbocycles. The predicted octanol–water partition coefficient (Wildman–Crippen LogP) is 3.71. The van der Waals surface area contributed by atoms with Gasteiger partial charge in [-0.25, -0.2) is 0 Å². The SMILES string of the molecule is CCc1cc2c(cc1OC)CCCC2=CCC1C(=O)CCC1O. The Bertz CT molecular complexity index is 630. The number of aliphatic hydroxyl groups excluding tert-OH is 1. The highest BCUT2D eigenvalue weighted by Gasteiger charge is 2.32. The number of allylic oxidation sites excluding steroid dienone is 2. The Balaban J connectivity index is 1.88. The molecule has 0 radical (unpaired) electrons. The summed E-state index contributed by atoms with van der Waals surface area (Å²) in [5.74, 6) is 1.00. The second-order valence-corrected chi connectivity index (χ2v) is 6.67. The van der Waals surface area contributed by atoms with Crippen LogP contribution in [0.5, 0.6) is 5.75 Å². The highest BCUT2D eigenvalue weighted by Crippen LogP contribution is 2.37. The van der Waals surface area contributed by atoms with E-state index in [0.717, 1.165) is 31.4 Å². The highest BCUT2D eigenvalue weighted by atomic mass is 16.5. The molecule has 2 unspecified atom stereocenters. The van der Waals surface area contributed by atoms with Crippen molar-refractivity contribution in [2.45, 2.75) is 58.0 Å². The van der Waals surface area contributed by atoms with Crippen molar-refractivity contribution in [1.29, 1.82) is 0 Å². The van der Waals surface area contributed by atoms with E-state index in [4.69, 9.17) is 4.74 Å². The van der Waals surface area contributed by atoms with E-state index in [1.807, 2.05) is 0 Å². The first-order valence-electron chi connectivity index (χ1n) is 8.74. The fraction of sp³-hybridized carbons (Fsp3) is 0.550. The van der Waals surface area contributed by atoms with E-state index in [1.54, 1.807) is 7.11 Å². The number of aliphatic hydroxyl groups is 1. The molecule has 2 atom stereocenters. The number of benzene rings is 1. The third-order valence-corrected chi connectivity index (χ3v) is 5.31. The quantitative estimate of drug-likeness (QED) is 0.921. The normalized spacial score (nSPS) is 25.7. The molecule has 3 rings (SSSR count). The van der Waals surface area contributed by atoms with Crippen molar-refractivity contribution in [2.75, 3.05) is 7.11 Å². The number of carbonyl (C=O) groups excluding carboxylic acids is 1. The minimum absolute atomic E-state index is 0.197. The number of aryl methyl sites for hydroxylation is 2. The van der Waals surface area contributed by atoms with E-state index < -0.39 is 6.10 Å². The first-order valence-corrected chi connectivity index (χ1v) is 8.74. The third-order valence-electron chi connectivity index (χ3n) is 5.31. The molecule has 1 aromatic carbocycles. The number of ether oxygens (including phenoxy) is 1. The van der Waals surface area contributed by atoms with Gasteiger partial charge in [0.1, 0.15) is 11.5 Å². The Hall–Kier alpha value is -1.61. The van der Waals surface area contributed by atoms with Gasteiger partial charge < -0.3 is 9.84 Å². The maximum Gasteiger partial charge on any atom is 0.138 e. The van der Waals surface area contributed by atoms with Gasteiger partial charge in [0.25, 0.3) is 0 Å². The summed E-state index contributed by atoms with van der Waals surface area (Å²) in [6, 6.07) is 4.43. The monoisotopic (exact) mass is 314 g/mol. The molecule has 0 bridgehead atoms. The number of Topliss-reactive ketones (excluding diaryl/α,β-unsaturated/α-hetero) is 1. The summed E-state index contributed by atoms with van der Waals surface area (Å²) >= 11 is 0. The van der Waals surface area contributed by atoms with E-state index >= 15 is 0 Å². The Labute approximate surface area is 138 Å². The largest absolute Gasteiger partial charge is 0.496 e. The van der Waals surface area contributed by atoms with Crippen molar-refractivity contribution in [3.63, 3.8) is 0 Å². The van der Waals surface area contributed by atoms with Gasteiger partial charge in [-0.3, -0.25) is 4.79 Å². The van der Waals surface area contributed by atoms with Crippen LogP contribution in [0.15, 0.2) is 18.2 Å². The molecule has 0 aliphatic heterocycles. The van der Waals surface area contributed by atoms with Crippen molar-refractivity contribution in [1.82, 2.24) is 0 Å². The first-order chi connectivity index (χ1) is 11.1. The van der Waals surface area contributed by atoms with Crippen LogP contribution in [-0.2, 0) is 17.6 Å². The fourth-order valence-corrected chi connectivity index (χ4v) is 3.90. The lowest BCUT2D eigenvalue weighted by Gasteiger charge is -2.22. The van der Waals surface area contributed by atoms with Crippen LogP contribution in [-0.4, -0.2) is 24.1 Å². The number of rotatable bonds is 4. The summed E-state index contributed by atoms with van der Waals surface area (Å²) in [4.78, 5) is 11.9. The van der Waals surface area contributed by atoms with Crippen molar-refractivity contribution in [3.8, 4) is 5.75 Å². The smallest absolute Gasteiger partial charge is 0.138 e. The molecule has 0 amide bonds. The van der Waals surface area contributed by atoms with Crippen LogP contribution in [0.2, 0.25) is 0 Å². The van der Waals surface area contributed by atoms with E-state index in [9.17, 15) is 9.90 Å². The van der Waals surface area contributed by atoms with Crippen molar-refractivity contribution < 1.29 is 14.6 Å². The molecule has 3 heteroatoms. The summed E-state index contributed by atoms with van der Waals surface area (Å²) in [5, 5.41) is 9.97. The van der Waals surface area contributed by atoms with Crippen LogP contribution in [0.1, 0.15) is 55.7 Å². The molecule has 3 nitrogen and oxygen atoms in total. The zero-order chi connectivity index (χ0) is 16.4. The van der Waals surface area contributed by atoms with Gasteiger partial charge in [-0.2, -0.15) is 0 Å². The van der Waals surface area contributed by atoms with E-state index in [-0.39, 0.29) is 11.7 Å². The minimum atomic E-state index is -0.454. The predicted molar refractivity (Wildman–Crippen MR) is 91.6 cm³/mol. The summed E-state index contributed by atoms with van der Waals surface area (Å²) in [6.45, 7) is 2.14. The van der Waals surface area contributed by atoms with Gasteiger partial charge in [-0.15, -0.1) is 0 Å². The molecule has 0 spiro atoms. The molecule has 0 saturated heterocycles. The van der Waals surface area contributed by atoms with Crippen molar-refractivity contribution in [3.05, 3.63) is 34.9 Å². The van der Waals surface area contributed by atoms with Crippen LogP contribution >= 0.6 is 0 Å². The van der Waals surface area contributed by atoms with Gasteiger partial charge >= 0.3 is 0 Å². The molecule has 0 heterocycles. The Morgan fingerprint density at radius 3 is 2.78 bits per heavy atom. The molecule has 0 aromatic heterocycles. The third kappa shape index (κ3) is 3.20. The van der Waals surface area contributed by atoms with Crippen LogP contribution in [0.25, 0.3) is 5.57 Å². The van der Waals surface area contributed by atoms with Crippen molar-refractivity contribution >= 4 is 11.4 Å². The molecule has 2 aliphatic rings. The maximum absolute atomic E-state index is 11.9. The second kappa shape index (κ2) is 6.88. The molecule has 124 valence electrons. The van der Waals surface area contributed by atoms with Crippen LogP contribution in [0.3, 0.4) is 0 Å². The van der Waals surface area contributed by atoms with E-state index in [0.29, 0.717) is 19.3 Å². The Kier molecular flexibility index (Phi) is 4.86. The Morgan fingerprint density at radius 2 is 2.13 bits per heavy atom. The standard InChI is InChI=1S/C20H26O3/c1-3-13-11-17-14(5-4-6-15(17)12-20(13)23-2)7-8-16-18(21)9-10-19(16)22/h7,11-12,16,18,21H,3-6,8-10H2,1-2H3.